The molecule has 1 fully saturated rings. The normalized spacial score (nSPS) is 23.5. The molecular weight excluding hydrogens is 224 g/mol. The molecule has 1 aliphatic heterocycles. The first-order valence-corrected chi connectivity index (χ1v) is 5.28. The number of carboxylic acid groups (broad SMARTS) is 1. The van der Waals surface area contributed by atoms with Crippen LogP contribution in [0.1, 0.15) is 11.5 Å². The quantitative estimate of drug-likeness (QED) is 0.603. The molecule has 1 aromatic rings. The molecule has 90 valence electrons. The molecule has 17 heavy (non-hydrogen) atoms. The summed E-state index contributed by atoms with van der Waals surface area (Å²) in [5, 5.41) is 22.9. The third-order valence-corrected chi connectivity index (χ3v) is 3.06. The average Bonchev–Trinajstić information content (AvgIpc) is 2.77. The van der Waals surface area contributed by atoms with Gasteiger partial charge in [-0.25, -0.2) is 0 Å². The number of rotatable bonds is 3. The molecule has 0 aromatic heterocycles. The van der Waals surface area contributed by atoms with Gasteiger partial charge in [0.2, 0.25) is 0 Å². The number of para-hydroxylation sites is 1. The summed E-state index contributed by atoms with van der Waals surface area (Å²) in [4.78, 5) is 21.5. The molecule has 1 aromatic carbocycles. The molecule has 2 N–H and O–H groups in total. The van der Waals surface area contributed by atoms with Gasteiger partial charge in [-0.15, -0.1) is 0 Å². The van der Waals surface area contributed by atoms with Gasteiger partial charge in [0.1, 0.15) is 0 Å². The van der Waals surface area contributed by atoms with Gasteiger partial charge in [0.05, 0.1) is 10.8 Å². The van der Waals surface area contributed by atoms with E-state index in [2.05, 4.69) is 5.32 Å². The molecule has 2 rings (SSSR count). The standard InChI is InChI=1S/C11H12N2O4/c14-11(15)9-6-12-5-8(9)7-3-1-2-4-10(7)13(16)17/h1-4,8-9,12H,5-6H2,(H,14,15). The summed E-state index contributed by atoms with van der Waals surface area (Å²) in [6, 6.07) is 6.32. The molecular formula is C11H12N2O4. The van der Waals surface area contributed by atoms with Crippen molar-refractivity contribution in [3.05, 3.63) is 39.9 Å². The molecule has 6 heteroatoms. The first-order valence-electron chi connectivity index (χ1n) is 5.28. The second kappa shape index (κ2) is 4.50. The average molecular weight is 236 g/mol. The fourth-order valence-electron chi connectivity index (χ4n) is 2.23. The van der Waals surface area contributed by atoms with Crippen LogP contribution in [0.2, 0.25) is 0 Å². The highest BCUT2D eigenvalue weighted by Gasteiger charge is 2.37. The van der Waals surface area contributed by atoms with Gasteiger partial charge >= 0.3 is 5.97 Å². The Bertz CT molecular complexity index is 461. The zero-order valence-electron chi connectivity index (χ0n) is 9.00. The highest BCUT2D eigenvalue weighted by molar-refractivity contribution is 5.72. The van der Waals surface area contributed by atoms with Crippen molar-refractivity contribution >= 4 is 11.7 Å². The number of aliphatic carboxylic acids is 1. The summed E-state index contributed by atoms with van der Waals surface area (Å²) in [5.74, 6) is -1.86. The van der Waals surface area contributed by atoms with Crippen molar-refractivity contribution in [2.45, 2.75) is 5.92 Å². The molecule has 0 radical (unpaired) electrons. The minimum Gasteiger partial charge on any atom is -0.481 e. The maximum Gasteiger partial charge on any atom is 0.308 e. The molecule has 0 spiro atoms. The van der Waals surface area contributed by atoms with Crippen molar-refractivity contribution in [3.63, 3.8) is 0 Å². The van der Waals surface area contributed by atoms with Gasteiger partial charge in [0.25, 0.3) is 5.69 Å². The number of nitrogens with one attached hydrogen (secondary N) is 1. The Hall–Kier alpha value is -1.95. The van der Waals surface area contributed by atoms with Crippen LogP contribution in [0.5, 0.6) is 0 Å². The van der Waals surface area contributed by atoms with E-state index in [1.54, 1.807) is 18.2 Å². The van der Waals surface area contributed by atoms with E-state index in [4.69, 9.17) is 5.11 Å². The number of nitro groups is 1. The first kappa shape index (κ1) is 11.5. The third-order valence-electron chi connectivity index (χ3n) is 3.06. The van der Waals surface area contributed by atoms with E-state index in [0.29, 0.717) is 18.7 Å². The molecule has 1 saturated heterocycles. The molecule has 6 nitrogen and oxygen atoms in total. The minimum atomic E-state index is -0.918. The maximum absolute atomic E-state index is 11.1. The fourth-order valence-corrected chi connectivity index (χ4v) is 2.23. The van der Waals surface area contributed by atoms with Crippen LogP contribution < -0.4 is 5.32 Å². The monoisotopic (exact) mass is 236 g/mol. The summed E-state index contributed by atoms with van der Waals surface area (Å²) in [5.41, 5.74) is 0.488. The summed E-state index contributed by atoms with van der Waals surface area (Å²) in [7, 11) is 0. The van der Waals surface area contributed by atoms with Crippen molar-refractivity contribution in [1.82, 2.24) is 5.32 Å². The van der Waals surface area contributed by atoms with E-state index in [9.17, 15) is 14.9 Å². The van der Waals surface area contributed by atoms with Gasteiger partial charge in [-0.3, -0.25) is 14.9 Å². The van der Waals surface area contributed by atoms with E-state index >= 15 is 0 Å². The lowest BCUT2D eigenvalue weighted by Gasteiger charge is -2.14. The lowest BCUT2D eigenvalue weighted by atomic mass is 9.88. The van der Waals surface area contributed by atoms with E-state index in [-0.39, 0.29) is 11.6 Å². The molecule has 2 atom stereocenters. The molecule has 2 unspecified atom stereocenters. The highest BCUT2D eigenvalue weighted by atomic mass is 16.6. The van der Waals surface area contributed by atoms with Gasteiger partial charge < -0.3 is 10.4 Å². The second-order valence-electron chi connectivity index (χ2n) is 4.03. The van der Waals surface area contributed by atoms with Crippen LogP contribution in [-0.2, 0) is 4.79 Å². The summed E-state index contributed by atoms with van der Waals surface area (Å²) in [6.45, 7) is 0.813. The number of nitrogens with zero attached hydrogens (tertiary/aromatic N) is 1. The fraction of sp³-hybridized carbons (Fsp3) is 0.364. The number of carbonyl (C=O) groups is 1. The van der Waals surface area contributed by atoms with Crippen LogP contribution in [0.25, 0.3) is 0 Å². The van der Waals surface area contributed by atoms with Crippen LogP contribution >= 0.6 is 0 Å². The maximum atomic E-state index is 11.1. The van der Waals surface area contributed by atoms with Crippen LogP contribution in [0, 0.1) is 16.0 Å². The van der Waals surface area contributed by atoms with Gasteiger partial charge in [-0.2, -0.15) is 0 Å². The molecule has 0 saturated carbocycles. The smallest absolute Gasteiger partial charge is 0.308 e. The van der Waals surface area contributed by atoms with Gasteiger partial charge in [-0.1, -0.05) is 18.2 Å². The lowest BCUT2D eigenvalue weighted by molar-refractivity contribution is -0.385. The Morgan fingerprint density at radius 3 is 2.76 bits per heavy atom. The predicted octanol–water partition coefficient (Wildman–Crippen LogP) is 0.982. The number of carboxylic acids is 1. The number of benzene rings is 1. The van der Waals surface area contributed by atoms with Crippen LogP contribution in [0.3, 0.4) is 0 Å². The summed E-state index contributed by atoms with van der Waals surface area (Å²) >= 11 is 0. The van der Waals surface area contributed by atoms with Crippen molar-refractivity contribution in [1.29, 1.82) is 0 Å². The third kappa shape index (κ3) is 2.12. The van der Waals surface area contributed by atoms with Crippen molar-refractivity contribution in [2.24, 2.45) is 5.92 Å². The van der Waals surface area contributed by atoms with E-state index in [1.165, 1.54) is 6.07 Å². The van der Waals surface area contributed by atoms with Crippen LogP contribution in [-0.4, -0.2) is 29.1 Å². The molecule has 1 heterocycles. The second-order valence-corrected chi connectivity index (χ2v) is 4.03. The Kier molecular flexibility index (Phi) is 3.06. The Balaban J connectivity index is 2.39. The van der Waals surface area contributed by atoms with E-state index in [0.717, 1.165) is 0 Å². The van der Waals surface area contributed by atoms with Crippen molar-refractivity contribution in [2.75, 3.05) is 13.1 Å². The van der Waals surface area contributed by atoms with E-state index in [1.807, 2.05) is 0 Å². The van der Waals surface area contributed by atoms with Crippen LogP contribution in [0.15, 0.2) is 24.3 Å². The van der Waals surface area contributed by atoms with Crippen molar-refractivity contribution < 1.29 is 14.8 Å². The predicted molar refractivity (Wildman–Crippen MR) is 59.8 cm³/mol. The van der Waals surface area contributed by atoms with E-state index < -0.39 is 16.8 Å². The number of hydrogen-bond acceptors (Lipinski definition) is 4. The zero-order valence-corrected chi connectivity index (χ0v) is 9.00. The van der Waals surface area contributed by atoms with Gasteiger partial charge in [-0.05, 0) is 0 Å². The Morgan fingerprint density at radius 1 is 1.41 bits per heavy atom. The molecule has 1 aliphatic rings. The summed E-state index contributed by atoms with van der Waals surface area (Å²) in [6.07, 6.45) is 0. The highest BCUT2D eigenvalue weighted by Crippen LogP contribution is 2.34. The molecule has 0 bridgehead atoms. The Morgan fingerprint density at radius 2 is 2.12 bits per heavy atom. The SMILES string of the molecule is O=C(O)C1CNCC1c1ccccc1[N+](=O)[O-]. The van der Waals surface area contributed by atoms with Crippen molar-refractivity contribution in [3.8, 4) is 0 Å². The summed E-state index contributed by atoms with van der Waals surface area (Å²) < 4.78 is 0. The molecule has 0 amide bonds. The lowest BCUT2D eigenvalue weighted by Crippen LogP contribution is -2.21. The number of nitro benzene ring substituents is 1. The van der Waals surface area contributed by atoms with Gasteiger partial charge in [0.15, 0.2) is 0 Å². The Labute approximate surface area is 97.4 Å². The largest absolute Gasteiger partial charge is 0.481 e. The zero-order chi connectivity index (χ0) is 12.4. The van der Waals surface area contributed by atoms with Crippen LogP contribution in [0.4, 0.5) is 5.69 Å². The van der Waals surface area contributed by atoms with Gasteiger partial charge in [0, 0.05) is 30.6 Å². The topological polar surface area (TPSA) is 92.5 Å². The molecule has 0 aliphatic carbocycles. The minimum absolute atomic E-state index is 0.00699. The first-order chi connectivity index (χ1) is 8.11. The number of hydrogen-bond donors (Lipinski definition) is 2.